The molecule has 0 radical (unpaired) electrons. The van der Waals surface area contributed by atoms with Crippen LogP contribution in [0.25, 0.3) is 0 Å². The zero-order chi connectivity index (χ0) is 8.32. The average molecular weight is 155 g/mol. The van der Waals surface area contributed by atoms with Crippen LogP contribution in [0.5, 0.6) is 0 Å². The van der Waals surface area contributed by atoms with Gasteiger partial charge >= 0.3 is 0 Å². The fraction of sp³-hybridized carbons (Fsp3) is 0.857. The van der Waals surface area contributed by atoms with Gasteiger partial charge in [-0.05, 0) is 12.8 Å². The molecule has 1 saturated carbocycles. The lowest BCUT2D eigenvalue weighted by molar-refractivity contribution is -0.124. The summed E-state index contributed by atoms with van der Waals surface area (Å²) in [6, 6.07) is 0. The molecule has 0 saturated heterocycles. The zero-order valence-electron chi connectivity index (χ0n) is 6.89. The number of nitrogens with one attached hydrogen (secondary N) is 1. The van der Waals surface area contributed by atoms with Crippen molar-refractivity contribution >= 4 is 13.8 Å². The molecule has 2 N–H and O–H groups in total. The van der Waals surface area contributed by atoms with Crippen molar-refractivity contribution in [2.75, 3.05) is 0 Å². The second-order valence-corrected chi connectivity index (χ2v) is 3.18. The van der Waals surface area contributed by atoms with E-state index >= 15 is 0 Å². The van der Waals surface area contributed by atoms with Crippen LogP contribution in [0.4, 0.5) is 0 Å². The van der Waals surface area contributed by atoms with Crippen LogP contribution >= 0.6 is 0 Å². The van der Waals surface area contributed by atoms with E-state index in [1.165, 1.54) is 0 Å². The third kappa shape index (κ3) is 2.93. The van der Waals surface area contributed by atoms with Crippen molar-refractivity contribution in [1.82, 2.24) is 5.32 Å². The second-order valence-electron chi connectivity index (χ2n) is 3.18. The van der Waals surface area contributed by atoms with E-state index in [0.717, 1.165) is 12.7 Å². The molecule has 62 valence electrons. The maximum Gasteiger partial charge on any atom is 0.222 e. The molecule has 0 aliphatic heterocycles. The van der Waals surface area contributed by atoms with Crippen LogP contribution in [0, 0.1) is 0 Å². The Hall–Kier alpha value is -0.505. The lowest BCUT2D eigenvalue weighted by atomic mass is 10.0. The van der Waals surface area contributed by atoms with Gasteiger partial charge in [0.2, 0.25) is 5.91 Å². The summed E-state index contributed by atoms with van der Waals surface area (Å²) in [6.45, 7) is 0. The Morgan fingerprint density at radius 1 is 1.64 bits per heavy atom. The lowest BCUT2D eigenvalue weighted by Gasteiger charge is -2.09. The highest BCUT2D eigenvalue weighted by molar-refractivity contribution is 6.08. The number of carbonyl (C=O) groups is 1. The van der Waals surface area contributed by atoms with Gasteiger partial charge in [0.05, 0.1) is 0 Å². The smallest absolute Gasteiger partial charge is 0.222 e. The van der Waals surface area contributed by atoms with E-state index in [1.807, 2.05) is 7.85 Å². The van der Waals surface area contributed by atoms with Gasteiger partial charge in [-0.1, -0.05) is 12.7 Å². The highest BCUT2D eigenvalue weighted by Gasteiger charge is 2.41. The van der Waals surface area contributed by atoms with Crippen LogP contribution in [-0.2, 0) is 4.79 Å². The van der Waals surface area contributed by atoms with Gasteiger partial charge in [0.1, 0.15) is 13.6 Å². The minimum absolute atomic E-state index is 0.0214. The molecule has 11 heavy (non-hydrogen) atoms. The maximum atomic E-state index is 11.0. The van der Waals surface area contributed by atoms with E-state index in [2.05, 4.69) is 5.32 Å². The Morgan fingerprint density at radius 2 is 2.27 bits per heavy atom. The molecule has 0 unspecified atom stereocenters. The van der Waals surface area contributed by atoms with E-state index in [4.69, 9.17) is 0 Å². The predicted molar refractivity (Wildman–Crippen MR) is 44.9 cm³/mol. The molecular weight excluding hydrogens is 141 g/mol. The van der Waals surface area contributed by atoms with Crippen LogP contribution in [-0.4, -0.2) is 24.6 Å². The molecule has 0 bridgehead atoms. The minimum atomic E-state index is -0.829. The minimum Gasteiger partial charge on any atom is -0.371 e. The Balaban J connectivity index is 2.11. The molecule has 0 spiro atoms. The van der Waals surface area contributed by atoms with E-state index in [9.17, 15) is 9.90 Å². The first-order valence-electron chi connectivity index (χ1n) is 4.20. The van der Waals surface area contributed by atoms with Gasteiger partial charge in [-0.15, -0.1) is 0 Å². The van der Waals surface area contributed by atoms with Gasteiger partial charge < -0.3 is 10.4 Å². The fourth-order valence-corrected chi connectivity index (χ4v) is 0.903. The summed E-state index contributed by atoms with van der Waals surface area (Å²) in [5.41, 5.74) is -0.829. The normalized spacial score (nSPS) is 19.4. The first kappa shape index (κ1) is 8.59. The molecule has 0 atom stereocenters. The van der Waals surface area contributed by atoms with E-state index in [0.29, 0.717) is 19.3 Å². The molecular formula is C7H14BNO2. The third-order valence-corrected chi connectivity index (χ3v) is 1.85. The summed E-state index contributed by atoms with van der Waals surface area (Å²) >= 11 is 0. The quantitative estimate of drug-likeness (QED) is 0.421. The van der Waals surface area contributed by atoms with Crippen LogP contribution in [0.1, 0.15) is 25.7 Å². The Labute approximate surface area is 67.6 Å². The SMILES string of the molecule is BCCCC(=O)NC1(O)CC1. The molecule has 1 fully saturated rings. The van der Waals surface area contributed by atoms with Gasteiger partial charge in [-0.3, -0.25) is 4.79 Å². The number of amides is 1. The summed E-state index contributed by atoms with van der Waals surface area (Å²) in [4.78, 5) is 11.0. The van der Waals surface area contributed by atoms with Gasteiger partial charge in [0.25, 0.3) is 0 Å². The third-order valence-electron chi connectivity index (χ3n) is 1.85. The highest BCUT2D eigenvalue weighted by atomic mass is 16.3. The van der Waals surface area contributed by atoms with Gasteiger partial charge in [0.15, 0.2) is 0 Å². The Morgan fingerprint density at radius 3 is 2.73 bits per heavy atom. The van der Waals surface area contributed by atoms with Crippen molar-refractivity contribution in [3.63, 3.8) is 0 Å². The molecule has 0 aromatic heterocycles. The summed E-state index contributed by atoms with van der Waals surface area (Å²) in [5, 5.41) is 11.8. The van der Waals surface area contributed by atoms with Gasteiger partial charge in [-0.2, -0.15) is 0 Å². The molecule has 1 aliphatic carbocycles. The predicted octanol–water partition coefficient (Wildman–Crippen LogP) is -0.583. The van der Waals surface area contributed by atoms with E-state index in [1.54, 1.807) is 0 Å². The molecule has 0 aromatic rings. The zero-order valence-corrected chi connectivity index (χ0v) is 6.89. The van der Waals surface area contributed by atoms with Crippen LogP contribution < -0.4 is 5.32 Å². The van der Waals surface area contributed by atoms with Crippen LogP contribution in [0.15, 0.2) is 0 Å². The van der Waals surface area contributed by atoms with E-state index < -0.39 is 5.72 Å². The van der Waals surface area contributed by atoms with Gasteiger partial charge in [0, 0.05) is 6.42 Å². The summed E-state index contributed by atoms with van der Waals surface area (Å²) in [6.07, 6.45) is 3.89. The average Bonchev–Trinajstić information content (AvgIpc) is 2.63. The van der Waals surface area contributed by atoms with Crippen molar-refractivity contribution in [3.05, 3.63) is 0 Å². The Kier molecular flexibility index (Phi) is 2.55. The number of aliphatic hydroxyl groups is 1. The summed E-state index contributed by atoms with van der Waals surface area (Å²) in [7, 11) is 2.04. The number of hydrogen-bond donors (Lipinski definition) is 2. The van der Waals surface area contributed by atoms with Crippen molar-refractivity contribution in [1.29, 1.82) is 0 Å². The maximum absolute atomic E-state index is 11.0. The fourth-order valence-electron chi connectivity index (χ4n) is 0.903. The largest absolute Gasteiger partial charge is 0.371 e. The highest BCUT2D eigenvalue weighted by Crippen LogP contribution is 2.31. The molecule has 1 aliphatic rings. The van der Waals surface area contributed by atoms with Crippen molar-refractivity contribution < 1.29 is 9.90 Å². The van der Waals surface area contributed by atoms with Crippen LogP contribution in [0.3, 0.4) is 0 Å². The molecule has 1 amide bonds. The van der Waals surface area contributed by atoms with Crippen molar-refractivity contribution in [2.45, 2.75) is 37.7 Å². The lowest BCUT2D eigenvalue weighted by Crippen LogP contribution is -2.36. The number of rotatable bonds is 4. The number of hydrogen-bond acceptors (Lipinski definition) is 2. The molecule has 0 aromatic carbocycles. The topological polar surface area (TPSA) is 49.3 Å². The van der Waals surface area contributed by atoms with Crippen molar-refractivity contribution in [3.8, 4) is 0 Å². The molecule has 1 rings (SSSR count). The summed E-state index contributed by atoms with van der Waals surface area (Å²) in [5.74, 6) is -0.0214. The molecule has 4 heteroatoms. The molecule has 3 nitrogen and oxygen atoms in total. The standard InChI is InChI=1S/C7H14BNO2/c8-5-1-2-6(10)9-7(11)3-4-7/h11H,1-5,8H2,(H,9,10). The first-order chi connectivity index (χ1) is 5.16. The molecule has 0 heterocycles. The Bertz CT molecular complexity index is 157. The first-order valence-corrected chi connectivity index (χ1v) is 4.20. The second kappa shape index (κ2) is 3.26. The van der Waals surface area contributed by atoms with Gasteiger partial charge in [-0.25, -0.2) is 0 Å². The number of carbonyl (C=O) groups excluding carboxylic acids is 1. The van der Waals surface area contributed by atoms with Crippen LogP contribution in [0.2, 0.25) is 6.32 Å². The monoisotopic (exact) mass is 155 g/mol. The summed E-state index contributed by atoms with van der Waals surface area (Å²) < 4.78 is 0. The van der Waals surface area contributed by atoms with Crippen molar-refractivity contribution in [2.24, 2.45) is 0 Å². The van der Waals surface area contributed by atoms with E-state index in [-0.39, 0.29) is 5.91 Å².